The molecule has 3 aromatic heterocycles. The fourth-order valence-corrected chi connectivity index (χ4v) is 6.65. The van der Waals surface area contributed by atoms with Crippen LogP contribution < -0.4 is 10.3 Å². The molecule has 5 aromatic rings. The number of ether oxygens (including phenoxy) is 1. The Morgan fingerprint density at radius 3 is 2.66 bits per heavy atom. The third-order valence-corrected chi connectivity index (χ3v) is 8.91. The number of nitrogens with one attached hydrogen (secondary N) is 2. The van der Waals surface area contributed by atoms with Gasteiger partial charge in [0.25, 0.3) is 15.6 Å². The molecule has 1 atom stereocenters. The number of fused-ring (bicyclic) bond motifs is 1. The molecule has 0 bridgehead atoms. The zero-order valence-electron chi connectivity index (χ0n) is 20.0. The lowest BCUT2D eigenvalue weighted by Crippen LogP contribution is -2.18. The van der Waals surface area contributed by atoms with Crippen molar-refractivity contribution in [1.29, 1.82) is 0 Å². The summed E-state index contributed by atoms with van der Waals surface area (Å²) in [5, 5.41) is 4.26. The molecule has 0 saturated carbocycles. The van der Waals surface area contributed by atoms with Crippen LogP contribution in [-0.4, -0.2) is 24.4 Å². The lowest BCUT2D eigenvalue weighted by atomic mass is 10.1. The molecule has 8 nitrogen and oxygen atoms in total. The number of thiophene rings is 2. The topological polar surface area (TPSA) is 118 Å². The second-order valence-corrected chi connectivity index (χ2v) is 11.9. The van der Waals surface area contributed by atoms with Gasteiger partial charge in [-0.3, -0.25) is 9.52 Å². The zero-order valence-corrected chi connectivity index (χ0v) is 22.5. The van der Waals surface area contributed by atoms with E-state index in [0.29, 0.717) is 15.8 Å². The predicted octanol–water partition coefficient (Wildman–Crippen LogP) is 5.88. The molecule has 1 unspecified atom stereocenters. The Kier molecular flexibility index (Phi) is 6.86. The molecule has 0 fully saturated rings. The zero-order chi connectivity index (χ0) is 27.0. The van der Waals surface area contributed by atoms with Gasteiger partial charge in [-0.1, -0.05) is 24.3 Å². The maximum Gasteiger partial charge on any atom is 0.339 e. The summed E-state index contributed by atoms with van der Waals surface area (Å²) in [7, 11) is -4.19. The molecule has 0 spiro atoms. The van der Waals surface area contributed by atoms with Crippen LogP contribution in [-0.2, 0) is 14.8 Å². The number of anilines is 1. The highest BCUT2D eigenvalue weighted by Gasteiger charge is 2.23. The number of carbonyl (C=O) groups is 1. The number of nitrogens with zero attached hydrogens (tertiary/aromatic N) is 1. The van der Waals surface area contributed by atoms with E-state index in [1.165, 1.54) is 59.1 Å². The smallest absolute Gasteiger partial charge is 0.339 e. The monoisotopic (exact) mass is 569 g/mol. The molecule has 0 aliphatic heterocycles. The van der Waals surface area contributed by atoms with Gasteiger partial charge >= 0.3 is 5.97 Å². The molecule has 3 heterocycles. The van der Waals surface area contributed by atoms with Crippen LogP contribution in [0.15, 0.2) is 75.0 Å². The minimum absolute atomic E-state index is 0.00721. The molecular weight excluding hydrogens is 550 g/mol. The molecule has 194 valence electrons. The number of halogens is 1. The lowest BCUT2D eigenvalue weighted by Gasteiger charge is -2.15. The molecule has 0 amide bonds. The number of benzene rings is 2. The first-order chi connectivity index (χ1) is 18.1. The van der Waals surface area contributed by atoms with Crippen molar-refractivity contribution in [3.63, 3.8) is 0 Å². The van der Waals surface area contributed by atoms with Gasteiger partial charge in [-0.2, -0.15) is 0 Å². The summed E-state index contributed by atoms with van der Waals surface area (Å²) in [5.74, 6) is -1.37. The largest absolute Gasteiger partial charge is 0.451 e. The van der Waals surface area contributed by atoms with Gasteiger partial charge in [0.15, 0.2) is 11.9 Å². The Morgan fingerprint density at radius 1 is 1.13 bits per heavy atom. The van der Waals surface area contributed by atoms with Gasteiger partial charge in [0.2, 0.25) is 0 Å². The average molecular weight is 570 g/mol. The van der Waals surface area contributed by atoms with E-state index in [1.54, 1.807) is 13.8 Å². The van der Waals surface area contributed by atoms with Gasteiger partial charge < -0.3 is 9.72 Å². The highest BCUT2D eigenvalue weighted by molar-refractivity contribution is 7.92. The fraction of sp³-hybridized carbons (Fsp3) is 0.115. The highest BCUT2D eigenvalue weighted by Crippen LogP contribution is 2.34. The van der Waals surface area contributed by atoms with E-state index in [0.717, 1.165) is 16.5 Å². The van der Waals surface area contributed by atoms with Gasteiger partial charge in [0.05, 0.1) is 21.5 Å². The summed E-state index contributed by atoms with van der Waals surface area (Å²) in [6.07, 6.45) is -0.928. The first kappa shape index (κ1) is 25.8. The van der Waals surface area contributed by atoms with Gasteiger partial charge in [-0.25, -0.2) is 22.6 Å². The number of carbonyl (C=O) groups excluding carboxylic acids is 1. The molecule has 2 aromatic carbocycles. The molecule has 0 radical (unpaired) electrons. The number of aromatic nitrogens is 2. The fourth-order valence-electron chi connectivity index (χ4n) is 3.79. The molecule has 0 saturated heterocycles. The Balaban J connectivity index is 1.39. The van der Waals surface area contributed by atoms with Gasteiger partial charge in [0.1, 0.15) is 10.6 Å². The minimum Gasteiger partial charge on any atom is -0.451 e. The Bertz CT molecular complexity index is 1830. The van der Waals surface area contributed by atoms with Gasteiger partial charge in [-0.05, 0) is 55.1 Å². The Hall–Kier alpha value is -3.87. The van der Waals surface area contributed by atoms with Crippen molar-refractivity contribution in [3.05, 3.63) is 98.5 Å². The standard InChI is InChI=1S/C26H20FN3O5S3/c1-14-9-10-16(38(33,34)30-20-7-4-3-6-19(20)27)12-17(14)26(32)35-15(2)23-28-24(31)22-18(13-37-25(22)29-23)21-8-5-11-36-21/h3-13,15,30H,1-2H3,(H,28,29,31). The molecular formula is C26H20FN3O5S3. The minimum atomic E-state index is -4.19. The molecule has 0 aliphatic rings. The molecule has 0 aliphatic carbocycles. The summed E-state index contributed by atoms with van der Waals surface area (Å²) in [6.45, 7) is 3.19. The third-order valence-electron chi connectivity index (χ3n) is 5.78. The maximum absolute atomic E-state index is 14.0. The quantitative estimate of drug-likeness (QED) is 0.236. The Labute approximate surface area is 224 Å². The lowest BCUT2D eigenvalue weighted by molar-refractivity contribution is 0.0319. The van der Waals surface area contributed by atoms with E-state index in [9.17, 15) is 22.4 Å². The summed E-state index contributed by atoms with van der Waals surface area (Å²) < 4.78 is 47.4. The van der Waals surface area contributed by atoms with E-state index in [-0.39, 0.29) is 27.5 Å². The summed E-state index contributed by atoms with van der Waals surface area (Å²) >= 11 is 2.83. The van der Waals surface area contributed by atoms with Crippen molar-refractivity contribution in [2.75, 3.05) is 4.72 Å². The number of aryl methyl sites for hydroxylation is 1. The second-order valence-electron chi connectivity index (χ2n) is 8.37. The number of sulfonamides is 1. The molecule has 38 heavy (non-hydrogen) atoms. The molecule has 12 heteroatoms. The number of esters is 1. The van der Waals surface area contributed by atoms with Crippen LogP contribution in [0.3, 0.4) is 0 Å². The second kappa shape index (κ2) is 10.1. The first-order valence-corrected chi connectivity index (χ1v) is 14.5. The summed E-state index contributed by atoms with van der Waals surface area (Å²) in [5.41, 5.74) is 0.714. The average Bonchev–Trinajstić information content (AvgIpc) is 3.55. The van der Waals surface area contributed by atoms with Crippen LogP contribution in [0.2, 0.25) is 0 Å². The molecule has 2 N–H and O–H groups in total. The predicted molar refractivity (Wildman–Crippen MR) is 146 cm³/mol. The van der Waals surface area contributed by atoms with Gasteiger partial charge in [0, 0.05) is 15.8 Å². The van der Waals surface area contributed by atoms with Gasteiger partial charge in [-0.15, -0.1) is 22.7 Å². The SMILES string of the molecule is Cc1ccc(S(=O)(=O)Nc2ccccc2F)cc1C(=O)OC(C)c1nc2scc(-c3cccs3)c2c(=O)[nH]1. The van der Waals surface area contributed by atoms with E-state index in [1.807, 2.05) is 22.9 Å². The summed E-state index contributed by atoms with van der Waals surface area (Å²) in [4.78, 5) is 34.4. The maximum atomic E-state index is 14.0. The number of aromatic amines is 1. The highest BCUT2D eigenvalue weighted by atomic mass is 32.2. The van der Waals surface area contributed by atoms with E-state index >= 15 is 0 Å². The Morgan fingerprint density at radius 2 is 1.92 bits per heavy atom. The van der Waals surface area contributed by atoms with E-state index in [2.05, 4.69) is 14.7 Å². The van der Waals surface area contributed by atoms with Crippen LogP contribution in [0.25, 0.3) is 20.7 Å². The van der Waals surface area contributed by atoms with Crippen molar-refractivity contribution in [1.82, 2.24) is 9.97 Å². The summed E-state index contributed by atoms with van der Waals surface area (Å²) in [6, 6.07) is 13.1. The van der Waals surface area contributed by atoms with Crippen molar-refractivity contribution in [3.8, 4) is 10.4 Å². The number of hydrogen-bond acceptors (Lipinski definition) is 8. The molecule has 5 rings (SSSR count). The van der Waals surface area contributed by atoms with Crippen molar-refractivity contribution in [2.24, 2.45) is 0 Å². The normalized spacial score (nSPS) is 12.4. The van der Waals surface area contributed by atoms with E-state index in [4.69, 9.17) is 4.74 Å². The van der Waals surface area contributed by atoms with Crippen molar-refractivity contribution >= 4 is 54.6 Å². The number of rotatable bonds is 7. The van der Waals surface area contributed by atoms with Crippen molar-refractivity contribution < 1.29 is 22.3 Å². The van der Waals surface area contributed by atoms with Crippen LogP contribution in [0.1, 0.15) is 34.8 Å². The van der Waals surface area contributed by atoms with Crippen LogP contribution >= 0.6 is 22.7 Å². The van der Waals surface area contributed by atoms with Crippen molar-refractivity contribution in [2.45, 2.75) is 24.8 Å². The number of H-pyrrole nitrogens is 1. The number of hydrogen-bond donors (Lipinski definition) is 2. The van der Waals surface area contributed by atoms with E-state index < -0.39 is 27.9 Å². The number of para-hydroxylation sites is 1. The van der Waals surface area contributed by atoms with Crippen LogP contribution in [0.5, 0.6) is 0 Å². The first-order valence-electron chi connectivity index (χ1n) is 11.3. The third kappa shape index (κ3) is 4.97. The van der Waals surface area contributed by atoms with Crippen LogP contribution in [0.4, 0.5) is 10.1 Å². The van der Waals surface area contributed by atoms with Crippen LogP contribution in [0, 0.1) is 12.7 Å².